The fourth-order valence-electron chi connectivity index (χ4n) is 4.44. The van der Waals surface area contributed by atoms with E-state index in [4.69, 9.17) is 19.2 Å². The van der Waals surface area contributed by atoms with Crippen molar-refractivity contribution in [2.24, 2.45) is 0 Å². The van der Waals surface area contributed by atoms with Gasteiger partial charge in [-0.1, -0.05) is 6.08 Å². The van der Waals surface area contributed by atoms with Gasteiger partial charge in [-0.05, 0) is 18.2 Å². The molecule has 2 aliphatic rings. The molecule has 2 aromatic rings. The zero-order chi connectivity index (χ0) is 24.9. The second-order valence-electron chi connectivity index (χ2n) is 8.53. The maximum absolute atomic E-state index is 15.1. The predicted octanol–water partition coefficient (Wildman–Crippen LogP) is 2.84. The maximum atomic E-state index is 15.1. The largest absolute Gasteiger partial charge is 0.496 e. The van der Waals surface area contributed by atoms with E-state index in [1.165, 1.54) is 19.2 Å². The van der Waals surface area contributed by atoms with Crippen molar-refractivity contribution in [2.75, 3.05) is 65.6 Å². The van der Waals surface area contributed by atoms with Crippen LogP contribution in [-0.4, -0.2) is 76.5 Å². The molecule has 0 saturated carbocycles. The van der Waals surface area contributed by atoms with Crippen molar-refractivity contribution in [3.05, 3.63) is 58.2 Å². The summed E-state index contributed by atoms with van der Waals surface area (Å²) in [6.07, 6.45) is 2.75. The van der Waals surface area contributed by atoms with E-state index < -0.39 is 5.82 Å². The molecule has 184 valence electrons. The average molecular weight is 481 g/mol. The number of hydrogen-bond donors (Lipinski definition) is 0. The number of carbonyl (C=O) groups is 1. The quantitative estimate of drug-likeness (QED) is 0.574. The molecule has 1 aliphatic heterocycles. The van der Waals surface area contributed by atoms with Gasteiger partial charge < -0.3 is 24.0 Å². The van der Waals surface area contributed by atoms with Crippen LogP contribution in [0.4, 0.5) is 10.1 Å². The van der Waals surface area contributed by atoms with Gasteiger partial charge in [-0.2, -0.15) is 5.26 Å². The molecule has 1 amide bonds. The van der Waals surface area contributed by atoms with E-state index in [-0.39, 0.29) is 11.5 Å². The molecule has 1 aromatic heterocycles. The first kappa shape index (κ1) is 24.6. The standard InChI is InChI=1S/C26H29FN4O4/c1-30(6-9-33-2)23-14-19(29-22-5-4-17(16-28)25(22)23)12-18-13-21(27)20(15-24(18)34-3)26(32)31-7-10-35-11-8-31/h4,13-15H,5-12H2,1-3H3. The molecule has 4 rings (SSSR count). The van der Waals surface area contributed by atoms with Crippen LogP contribution in [0.5, 0.6) is 5.75 Å². The molecular weight excluding hydrogens is 451 g/mol. The van der Waals surface area contributed by atoms with E-state index in [0.717, 1.165) is 22.6 Å². The lowest BCUT2D eigenvalue weighted by atomic mass is 10.0. The van der Waals surface area contributed by atoms with Crippen molar-refractivity contribution in [1.82, 2.24) is 9.88 Å². The molecule has 0 spiro atoms. The highest BCUT2D eigenvalue weighted by Gasteiger charge is 2.25. The topological polar surface area (TPSA) is 87.9 Å². The molecule has 2 heterocycles. The van der Waals surface area contributed by atoms with E-state index in [0.29, 0.717) is 69.2 Å². The molecule has 9 heteroatoms. The molecule has 1 saturated heterocycles. The van der Waals surface area contributed by atoms with E-state index >= 15 is 4.39 Å². The zero-order valence-electron chi connectivity index (χ0n) is 20.3. The van der Waals surface area contributed by atoms with Crippen LogP contribution >= 0.6 is 0 Å². The second kappa shape index (κ2) is 10.8. The SMILES string of the molecule is COCCN(C)c1cc(Cc2cc(F)c(C(=O)N3CCOCC3)cc2OC)nc2c1C(C#N)=CC2. The van der Waals surface area contributed by atoms with Crippen LogP contribution in [0, 0.1) is 17.1 Å². The highest BCUT2D eigenvalue weighted by Crippen LogP contribution is 2.36. The van der Waals surface area contributed by atoms with Crippen LogP contribution in [0.15, 0.2) is 24.3 Å². The molecule has 0 N–H and O–H groups in total. The van der Waals surface area contributed by atoms with E-state index in [9.17, 15) is 10.1 Å². The third-order valence-electron chi connectivity index (χ3n) is 6.33. The van der Waals surface area contributed by atoms with Crippen molar-refractivity contribution < 1.29 is 23.4 Å². The van der Waals surface area contributed by atoms with Gasteiger partial charge in [-0.15, -0.1) is 0 Å². The summed E-state index contributed by atoms with van der Waals surface area (Å²) in [7, 11) is 5.09. The number of morpholine rings is 1. The number of hydrogen-bond acceptors (Lipinski definition) is 7. The van der Waals surface area contributed by atoms with Crippen molar-refractivity contribution in [1.29, 1.82) is 5.26 Å². The molecule has 1 aromatic carbocycles. The van der Waals surface area contributed by atoms with Crippen molar-refractivity contribution >= 4 is 17.2 Å². The fraction of sp³-hybridized carbons (Fsp3) is 0.423. The first-order valence-electron chi connectivity index (χ1n) is 11.5. The van der Waals surface area contributed by atoms with Crippen LogP contribution in [0.2, 0.25) is 0 Å². The Hall–Kier alpha value is -3.48. The van der Waals surface area contributed by atoms with Crippen LogP contribution in [0.1, 0.15) is 32.9 Å². The van der Waals surface area contributed by atoms with Gasteiger partial charge in [0.25, 0.3) is 5.91 Å². The highest BCUT2D eigenvalue weighted by molar-refractivity contribution is 5.95. The van der Waals surface area contributed by atoms with Gasteiger partial charge in [-0.3, -0.25) is 9.78 Å². The Balaban J connectivity index is 1.66. The Labute approximate surface area is 204 Å². The second-order valence-corrected chi connectivity index (χ2v) is 8.53. The Morgan fingerprint density at radius 1 is 1.29 bits per heavy atom. The van der Waals surface area contributed by atoms with Crippen LogP contribution in [0.3, 0.4) is 0 Å². The third kappa shape index (κ3) is 5.14. The number of benzene rings is 1. The summed E-state index contributed by atoms with van der Waals surface area (Å²) < 4.78 is 31.2. The molecule has 1 fully saturated rings. The van der Waals surface area contributed by atoms with Crippen LogP contribution < -0.4 is 9.64 Å². The summed E-state index contributed by atoms with van der Waals surface area (Å²) in [5.41, 5.74) is 4.43. The highest BCUT2D eigenvalue weighted by atomic mass is 19.1. The van der Waals surface area contributed by atoms with Crippen LogP contribution in [-0.2, 0) is 22.3 Å². The number of nitriles is 1. The summed E-state index contributed by atoms with van der Waals surface area (Å²) in [5.74, 6) is -0.539. The third-order valence-corrected chi connectivity index (χ3v) is 6.33. The number of anilines is 1. The summed E-state index contributed by atoms with van der Waals surface area (Å²) in [5, 5.41) is 9.58. The molecule has 0 radical (unpaired) electrons. The number of aromatic nitrogens is 1. The van der Waals surface area contributed by atoms with Crippen molar-refractivity contribution in [2.45, 2.75) is 12.8 Å². The minimum absolute atomic E-state index is 0.0164. The number of allylic oxidation sites excluding steroid dienone is 2. The van der Waals surface area contributed by atoms with Crippen molar-refractivity contribution in [3.8, 4) is 11.8 Å². The molecule has 35 heavy (non-hydrogen) atoms. The Bertz CT molecular complexity index is 1180. The minimum atomic E-state index is -0.593. The van der Waals surface area contributed by atoms with Gasteiger partial charge in [0.15, 0.2) is 0 Å². The number of carbonyl (C=O) groups excluding carboxylic acids is 1. The predicted molar refractivity (Wildman–Crippen MR) is 129 cm³/mol. The van der Waals surface area contributed by atoms with Gasteiger partial charge in [0.2, 0.25) is 0 Å². The monoisotopic (exact) mass is 480 g/mol. The number of rotatable bonds is 8. The Kier molecular flexibility index (Phi) is 7.63. The number of nitrogens with zero attached hydrogens (tertiary/aromatic N) is 4. The summed E-state index contributed by atoms with van der Waals surface area (Å²) >= 11 is 0. The maximum Gasteiger partial charge on any atom is 0.257 e. The number of halogens is 1. The molecule has 0 atom stereocenters. The number of amides is 1. The van der Waals surface area contributed by atoms with E-state index in [2.05, 4.69) is 6.07 Å². The van der Waals surface area contributed by atoms with Gasteiger partial charge in [0, 0.05) is 69.1 Å². The lowest BCUT2D eigenvalue weighted by molar-refractivity contribution is 0.0299. The van der Waals surface area contributed by atoms with Gasteiger partial charge >= 0.3 is 0 Å². The molecule has 8 nitrogen and oxygen atoms in total. The Morgan fingerprint density at radius 3 is 2.74 bits per heavy atom. The smallest absolute Gasteiger partial charge is 0.257 e. The normalized spacial score (nSPS) is 14.8. The number of fused-ring (bicyclic) bond motifs is 1. The van der Waals surface area contributed by atoms with Gasteiger partial charge in [0.1, 0.15) is 11.6 Å². The molecular formula is C26H29FN4O4. The van der Waals surface area contributed by atoms with Crippen molar-refractivity contribution in [3.63, 3.8) is 0 Å². The van der Waals surface area contributed by atoms with Gasteiger partial charge in [0.05, 0.1) is 49.8 Å². The Morgan fingerprint density at radius 2 is 2.06 bits per heavy atom. The fourth-order valence-corrected chi connectivity index (χ4v) is 4.44. The summed E-state index contributed by atoms with van der Waals surface area (Å²) in [4.78, 5) is 21.3. The average Bonchev–Trinajstić information content (AvgIpc) is 3.30. The lowest BCUT2D eigenvalue weighted by Gasteiger charge is -2.27. The molecule has 0 unspecified atom stereocenters. The summed E-state index contributed by atoms with van der Waals surface area (Å²) in [6, 6.07) is 7.01. The lowest BCUT2D eigenvalue weighted by Crippen LogP contribution is -2.41. The van der Waals surface area contributed by atoms with E-state index in [1.807, 2.05) is 24.1 Å². The van der Waals surface area contributed by atoms with Crippen LogP contribution in [0.25, 0.3) is 5.57 Å². The number of methoxy groups -OCH3 is 2. The first-order valence-corrected chi connectivity index (χ1v) is 11.5. The number of likely N-dealkylation sites (N-methyl/N-ethyl adjacent to an activating group) is 1. The first-order chi connectivity index (χ1) is 17.0. The number of ether oxygens (including phenoxy) is 3. The van der Waals surface area contributed by atoms with Gasteiger partial charge in [-0.25, -0.2) is 4.39 Å². The van der Waals surface area contributed by atoms with E-state index in [1.54, 1.807) is 12.0 Å². The molecule has 0 bridgehead atoms. The zero-order valence-corrected chi connectivity index (χ0v) is 20.3. The summed E-state index contributed by atoms with van der Waals surface area (Å²) in [6.45, 7) is 2.92. The molecule has 1 aliphatic carbocycles. The number of pyridine rings is 1. The minimum Gasteiger partial charge on any atom is -0.496 e.